The Hall–Kier alpha value is -1.10. The van der Waals surface area contributed by atoms with Gasteiger partial charge in [0.25, 0.3) is 0 Å². The highest BCUT2D eigenvalue weighted by atomic mass is 16.4. The van der Waals surface area contributed by atoms with Gasteiger partial charge in [0, 0.05) is 13.1 Å². The van der Waals surface area contributed by atoms with E-state index >= 15 is 0 Å². The Bertz CT molecular complexity index is 278. The largest absolute Gasteiger partial charge is 0.480 e. The molecule has 0 aliphatic heterocycles. The number of carbonyl (C=O) groups excluding carboxylic acids is 1. The molecule has 0 bridgehead atoms. The summed E-state index contributed by atoms with van der Waals surface area (Å²) in [7, 11) is 0. The summed E-state index contributed by atoms with van der Waals surface area (Å²) in [4.78, 5) is 24.8. The van der Waals surface area contributed by atoms with Crippen molar-refractivity contribution in [1.29, 1.82) is 0 Å². The summed E-state index contributed by atoms with van der Waals surface area (Å²) in [6.07, 6.45) is 1.26. The fraction of sp³-hybridized carbons (Fsp3) is 0.846. The smallest absolute Gasteiger partial charge is 0.323 e. The molecule has 3 N–H and O–H groups in total. The van der Waals surface area contributed by atoms with Crippen LogP contribution in [0.25, 0.3) is 0 Å². The number of nitrogens with zero attached hydrogens (tertiary/aromatic N) is 1. The first-order chi connectivity index (χ1) is 8.32. The second-order valence-corrected chi connectivity index (χ2v) is 5.16. The molecule has 0 unspecified atom stereocenters. The lowest BCUT2D eigenvalue weighted by Crippen LogP contribution is -2.50. The van der Waals surface area contributed by atoms with E-state index in [1.165, 1.54) is 4.90 Å². The van der Waals surface area contributed by atoms with E-state index in [1.807, 2.05) is 27.7 Å². The van der Waals surface area contributed by atoms with Crippen molar-refractivity contribution in [1.82, 2.24) is 4.90 Å². The van der Waals surface area contributed by atoms with E-state index < -0.39 is 11.4 Å². The fourth-order valence-corrected chi connectivity index (χ4v) is 2.09. The molecule has 0 aliphatic carbocycles. The molecular formula is C13H26N2O3. The SMILES string of the molecule is CCC(CC)(CN)C(=O)N(CC(=O)O)CC(C)C. The minimum Gasteiger partial charge on any atom is -0.480 e. The summed E-state index contributed by atoms with van der Waals surface area (Å²) in [5.74, 6) is -0.884. The minimum absolute atomic E-state index is 0.133. The van der Waals surface area contributed by atoms with Gasteiger partial charge < -0.3 is 15.7 Å². The molecule has 0 fully saturated rings. The van der Waals surface area contributed by atoms with Gasteiger partial charge in [0.15, 0.2) is 0 Å². The van der Waals surface area contributed by atoms with Crippen molar-refractivity contribution in [3.63, 3.8) is 0 Å². The fourth-order valence-electron chi connectivity index (χ4n) is 2.09. The average molecular weight is 258 g/mol. The van der Waals surface area contributed by atoms with Gasteiger partial charge in [0.2, 0.25) is 5.91 Å². The van der Waals surface area contributed by atoms with E-state index in [4.69, 9.17) is 10.8 Å². The van der Waals surface area contributed by atoms with E-state index in [0.717, 1.165) is 0 Å². The molecule has 0 aliphatic rings. The topological polar surface area (TPSA) is 83.6 Å². The Morgan fingerprint density at radius 3 is 2.06 bits per heavy atom. The standard InChI is InChI=1S/C13H26N2O3/c1-5-13(6-2,9-14)12(18)15(7-10(3)4)8-11(16)17/h10H,5-9,14H2,1-4H3,(H,16,17). The number of carboxylic acid groups (broad SMARTS) is 1. The second-order valence-electron chi connectivity index (χ2n) is 5.16. The third-order valence-corrected chi connectivity index (χ3v) is 3.40. The van der Waals surface area contributed by atoms with E-state index in [0.29, 0.717) is 19.4 Å². The van der Waals surface area contributed by atoms with Gasteiger partial charge >= 0.3 is 5.97 Å². The van der Waals surface area contributed by atoms with Crippen LogP contribution in [0.15, 0.2) is 0 Å². The highest BCUT2D eigenvalue weighted by Crippen LogP contribution is 2.28. The Balaban J connectivity index is 5.07. The number of nitrogens with two attached hydrogens (primary N) is 1. The monoisotopic (exact) mass is 258 g/mol. The molecule has 0 aromatic heterocycles. The van der Waals surface area contributed by atoms with Crippen LogP contribution in [0.1, 0.15) is 40.5 Å². The number of carbonyl (C=O) groups is 2. The van der Waals surface area contributed by atoms with Crippen molar-refractivity contribution in [2.24, 2.45) is 17.1 Å². The van der Waals surface area contributed by atoms with E-state index in [-0.39, 0.29) is 24.9 Å². The molecule has 0 aromatic rings. The van der Waals surface area contributed by atoms with E-state index in [9.17, 15) is 9.59 Å². The summed E-state index contributed by atoms with van der Waals surface area (Å²) in [6.45, 7) is 8.22. The van der Waals surface area contributed by atoms with Crippen LogP contribution in [0.4, 0.5) is 0 Å². The summed E-state index contributed by atoms with van der Waals surface area (Å²) in [6, 6.07) is 0. The van der Waals surface area contributed by atoms with Crippen LogP contribution in [0, 0.1) is 11.3 Å². The van der Waals surface area contributed by atoms with Gasteiger partial charge in [-0.25, -0.2) is 0 Å². The molecule has 0 saturated heterocycles. The van der Waals surface area contributed by atoms with Gasteiger partial charge in [0.05, 0.1) is 5.41 Å². The molecule has 0 radical (unpaired) electrons. The Morgan fingerprint density at radius 2 is 1.78 bits per heavy atom. The number of hydrogen-bond donors (Lipinski definition) is 2. The zero-order valence-electron chi connectivity index (χ0n) is 11.9. The molecule has 0 heterocycles. The lowest BCUT2D eigenvalue weighted by Gasteiger charge is -2.35. The number of amides is 1. The first kappa shape index (κ1) is 16.9. The number of aliphatic carboxylic acids is 1. The first-order valence-corrected chi connectivity index (χ1v) is 6.54. The molecule has 0 saturated carbocycles. The maximum atomic E-state index is 12.5. The third kappa shape index (κ3) is 4.29. The van der Waals surface area contributed by atoms with E-state index in [1.54, 1.807) is 0 Å². The van der Waals surface area contributed by atoms with Crippen molar-refractivity contribution < 1.29 is 14.7 Å². The second kappa shape index (κ2) is 7.36. The molecule has 0 atom stereocenters. The maximum Gasteiger partial charge on any atom is 0.323 e. The molecular weight excluding hydrogens is 232 g/mol. The zero-order valence-corrected chi connectivity index (χ0v) is 11.9. The highest BCUT2D eigenvalue weighted by molar-refractivity contribution is 5.86. The first-order valence-electron chi connectivity index (χ1n) is 6.54. The summed E-state index contributed by atoms with van der Waals surface area (Å²) in [5, 5.41) is 8.90. The molecule has 106 valence electrons. The lowest BCUT2D eigenvalue weighted by atomic mass is 9.80. The van der Waals surface area contributed by atoms with Gasteiger partial charge in [-0.15, -0.1) is 0 Å². The maximum absolute atomic E-state index is 12.5. The van der Waals surface area contributed by atoms with Crippen molar-refractivity contribution >= 4 is 11.9 Å². The van der Waals surface area contributed by atoms with Gasteiger partial charge in [-0.1, -0.05) is 27.7 Å². The predicted molar refractivity (Wildman–Crippen MR) is 71.1 cm³/mol. The quantitative estimate of drug-likeness (QED) is 0.687. The number of rotatable bonds is 8. The molecule has 5 nitrogen and oxygen atoms in total. The van der Waals surface area contributed by atoms with Crippen LogP contribution in [0.5, 0.6) is 0 Å². The van der Waals surface area contributed by atoms with E-state index in [2.05, 4.69) is 0 Å². The molecule has 1 amide bonds. The Kier molecular flexibility index (Phi) is 6.91. The number of carboxylic acids is 1. The van der Waals surface area contributed by atoms with Crippen LogP contribution >= 0.6 is 0 Å². The van der Waals surface area contributed by atoms with Gasteiger partial charge in [-0.05, 0) is 18.8 Å². The predicted octanol–water partition coefficient (Wildman–Crippen LogP) is 1.32. The van der Waals surface area contributed by atoms with Gasteiger partial charge in [-0.3, -0.25) is 9.59 Å². The summed E-state index contributed by atoms with van der Waals surface area (Å²) >= 11 is 0. The van der Waals surface area contributed by atoms with Crippen LogP contribution in [-0.4, -0.2) is 41.5 Å². The van der Waals surface area contributed by atoms with Crippen molar-refractivity contribution in [2.45, 2.75) is 40.5 Å². The van der Waals surface area contributed by atoms with Crippen molar-refractivity contribution in [3.05, 3.63) is 0 Å². The molecule has 5 heteroatoms. The zero-order chi connectivity index (χ0) is 14.3. The molecule has 0 aromatic carbocycles. The molecule has 18 heavy (non-hydrogen) atoms. The average Bonchev–Trinajstić information content (AvgIpc) is 2.29. The van der Waals surface area contributed by atoms with Crippen LogP contribution in [0.2, 0.25) is 0 Å². The molecule has 0 spiro atoms. The van der Waals surface area contributed by atoms with Crippen LogP contribution in [-0.2, 0) is 9.59 Å². The minimum atomic E-state index is -0.984. The van der Waals surface area contributed by atoms with Gasteiger partial charge in [-0.2, -0.15) is 0 Å². The van der Waals surface area contributed by atoms with Crippen LogP contribution in [0.3, 0.4) is 0 Å². The summed E-state index contributed by atoms with van der Waals surface area (Å²) in [5.41, 5.74) is 5.11. The van der Waals surface area contributed by atoms with Crippen molar-refractivity contribution in [2.75, 3.05) is 19.6 Å². The van der Waals surface area contributed by atoms with Crippen LogP contribution < -0.4 is 5.73 Å². The normalized spacial score (nSPS) is 11.7. The lowest BCUT2D eigenvalue weighted by molar-refractivity contribution is -0.150. The van der Waals surface area contributed by atoms with Crippen molar-refractivity contribution in [3.8, 4) is 0 Å². The Morgan fingerprint density at radius 1 is 1.28 bits per heavy atom. The summed E-state index contributed by atoms with van der Waals surface area (Å²) < 4.78 is 0. The third-order valence-electron chi connectivity index (χ3n) is 3.40. The van der Waals surface area contributed by atoms with Gasteiger partial charge in [0.1, 0.15) is 6.54 Å². The highest BCUT2D eigenvalue weighted by Gasteiger charge is 2.37. The molecule has 0 rings (SSSR count). The number of hydrogen-bond acceptors (Lipinski definition) is 3. The Labute approximate surface area is 109 Å².